The van der Waals surface area contributed by atoms with Gasteiger partial charge in [0.1, 0.15) is 0 Å². The van der Waals surface area contributed by atoms with Crippen LogP contribution < -0.4 is 14.4 Å². The number of carbonyl (C=O) groups is 2. The largest absolute Gasteiger partial charge is 0.586 e. The molecule has 1 aliphatic heterocycles. The van der Waals surface area contributed by atoms with Gasteiger partial charge in [-0.2, -0.15) is 18.3 Å². The molecule has 9 nitrogen and oxygen atoms in total. The highest BCUT2D eigenvalue weighted by Gasteiger charge is 2.44. The summed E-state index contributed by atoms with van der Waals surface area (Å²) in [5, 5.41) is 12.2. The van der Waals surface area contributed by atoms with Gasteiger partial charge in [0.2, 0.25) is 0 Å². The van der Waals surface area contributed by atoms with Crippen molar-refractivity contribution in [2.24, 2.45) is 5.92 Å². The van der Waals surface area contributed by atoms with Crippen LogP contribution in [0.4, 0.5) is 27.6 Å². The Bertz CT molecular complexity index is 1520. The molecule has 0 saturated heterocycles. The molecule has 0 bridgehead atoms. The van der Waals surface area contributed by atoms with Crippen molar-refractivity contribution in [3.05, 3.63) is 64.4 Å². The Morgan fingerprint density at radius 3 is 2.48 bits per heavy atom. The lowest BCUT2D eigenvalue weighted by atomic mass is 9.87. The van der Waals surface area contributed by atoms with Gasteiger partial charge in [-0.1, -0.05) is 17.7 Å². The first-order valence-corrected chi connectivity index (χ1v) is 13.1. The number of nitrogens with zero attached hydrogens (tertiary/aromatic N) is 3. The minimum absolute atomic E-state index is 0.0528. The molecular weight excluding hydrogens is 593 g/mol. The third-order valence-electron chi connectivity index (χ3n) is 7.08. The molecule has 224 valence electrons. The first-order chi connectivity index (χ1) is 19.7. The van der Waals surface area contributed by atoms with Crippen molar-refractivity contribution in [3.8, 4) is 17.2 Å². The van der Waals surface area contributed by atoms with Crippen LogP contribution in [0.15, 0.2) is 42.5 Å². The highest BCUT2D eigenvalue weighted by atomic mass is 35.5. The topological polar surface area (TPSA) is 103 Å². The van der Waals surface area contributed by atoms with Crippen LogP contribution in [0.2, 0.25) is 5.02 Å². The van der Waals surface area contributed by atoms with Gasteiger partial charge in [-0.25, -0.2) is 4.68 Å². The standard InChI is InChI=1S/C27H23ClF5N3O6/c1-35(16-7-10-20-21(12-16)42-27(32,33)41-20)24(37)15-3-2-4-17(11-15)36-19(22(28)23(34-36)26(29,30)31)13-40-18-8-5-14(6-9-18)25(38)39/h2-4,7,10-12,14,18H,5-6,8-9,13H2,1H3,(H,38,39)/t14-,18-. The molecule has 1 N–H and O–H groups in total. The smallest absolute Gasteiger partial charge is 0.481 e. The number of carbonyl (C=O) groups excluding carboxylic acids is 1. The summed E-state index contributed by atoms with van der Waals surface area (Å²) in [6, 6.07) is 9.40. The van der Waals surface area contributed by atoms with Gasteiger partial charge >= 0.3 is 18.4 Å². The van der Waals surface area contributed by atoms with Gasteiger partial charge in [0.25, 0.3) is 5.91 Å². The first-order valence-electron chi connectivity index (χ1n) is 12.7. The van der Waals surface area contributed by atoms with Gasteiger partial charge in [0.15, 0.2) is 17.2 Å². The van der Waals surface area contributed by atoms with Crippen molar-refractivity contribution in [2.75, 3.05) is 11.9 Å². The van der Waals surface area contributed by atoms with Crippen molar-refractivity contribution >= 4 is 29.2 Å². The summed E-state index contributed by atoms with van der Waals surface area (Å²) in [7, 11) is 1.38. The van der Waals surface area contributed by atoms with Crippen molar-refractivity contribution in [2.45, 2.75) is 50.9 Å². The van der Waals surface area contributed by atoms with E-state index in [1.807, 2.05) is 0 Å². The van der Waals surface area contributed by atoms with Crippen LogP contribution in [-0.4, -0.2) is 46.2 Å². The van der Waals surface area contributed by atoms with Crippen molar-refractivity contribution in [1.82, 2.24) is 9.78 Å². The predicted molar refractivity (Wildman–Crippen MR) is 137 cm³/mol. The van der Waals surface area contributed by atoms with Crippen LogP contribution in [0, 0.1) is 5.92 Å². The van der Waals surface area contributed by atoms with E-state index in [-0.39, 0.29) is 46.8 Å². The summed E-state index contributed by atoms with van der Waals surface area (Å²) in [6.45, 7) is -0.343. The number of benzene rings is 2. The van der Waals surface area contributed by atoms with Crippen molar-refractivity contribution < 1.29 is 50.9 Å². The van der Waals surface area contributed by atoms with Crippen LogP contribution in [0.25, 0.3) is 5.69 Å². The lowest BCUT2D eigenvalue weighted by molar-refractivity contribution is -0.286. The van der Waals surface area contributed by atoms with Gasteiger partial charge in [0.05, 0.1) is 35.0 Å². The van der Waals surface area contributed by atoms with E-state index in [1.165, 1.54) is 49.5 Å². The number of hydrogen-bond acceptors (Lipinski definition) is 6. The number of carboxylic acid groups (broad SMARTS) is 1. The van der Waals surface area contributed by atoms with Crippen molar-refractivity contribution in [3.63, 3.8) is 0 Å². The fraction of sp³-hybridized carbons (Fsp3) is 0.370. The molecule has 0 spiro atoms. The molecule has 1 fully saturated rings. The monoisotopic (exact) mass is 615 g/mol. The van der Waals surface area contributed by atoms with Gasteiger partial charge in [-0.3, -0.25) is 9.59 Å². The average molecular weight is 616 g/mol. The molecule has 3 aromatic rings. The number of carboxylic acids is 1. The third-order valence-corrected chi connectivity index (χ3v) is 7.48. The zero-order chi connectivity index (χ0) is 30.4. The normalized spacial score (nSPS) is 19.5. The zero-order valence-corrected chi connectivity index (χ0v) is 22.6. The lowest BCUT2D eigenvalue weighted by Gasteiger charge is -2.26. The number of fused-ring (bicyclic) bond motifs is 1. The minimum Gasteiger partial charge on any atom is -0.481 e. The zero-order valence-electron chi connectivity index (χ0n) is 21.8. The summed E-state index contributed by atoms with van der Waals surface area (Å²) in [5.41, 5.74) is -1.09. The second-order valence-electron chi connectivity index (χ2n) is 9.85. The minimum atomic E-state index is -4.87. The SMILES string of the molecule is CN(C(=O)c1cccc(-n2nc(C(F)(F)F)c(Cl)c2CO[C@H]2CC[C@H](C(=O)O)CC2)c1)c1ccc2c(c1)OC(F)(F)O2. The fourth-order valence-electron chi connectivity index (χ4n) is 4.85. The van der Waals surface area contributed by atoms with Gasteiger partial charge in [-0.05, 0) is 56.0 Å². The number of rotatable bonds is 7. The number of halogens is 6. The van der Waals surface area contributed by atoms with E-state index in [9.17, 15) is 36.6 Å². The number of alkyl halides is 5. The molecule has 0 unspecified atom stereocenters. The quantitative estimate of drug-likeness (QED) is 0.311. The number of amides is 1. The number of anilines is 1. The maximum Gasteiger partial charge on any atom is 0.586 e. The maximum atomic E-state index is 13.7. The Kier molecular flexibility index (Phi) is 7.79. The molecule has 0 atom stereocenters. The molecule has 2 aliphatic rings. The van der Waals surface area contributed by atoms with E-state index in [0.29, 0.717) is 25.7 Å². The molecule has 2 heterocycles. The molecule has 15 heteroatoms. The Morgan fingerprint density at radius 2 is 1.81 bits per heavy atom. The van der Waals surface area contributed by atoms with Gasteiger partial charge in [0, 0.05) is 24.4 Å². The summed E-state index contributed by atoms with van der Waals surface area (Å²) in [4.78, 5) is 25.6. The van der Waals surface area contributed by atoms with E-state index in [0.717, 1.165) is 9.58 Å². The second-order valence-corrected chi connectivity index (χ2v) is 10.2. The van der Waals surface area contributed by atoms with E-state index in [4.69, 9.17) is 16.3 Å². The van der Waals surface area contributed by atoms with Crippen LogP contribution in [0.5, 0.6) is 11.5 Å². The van der Waals surface area contributed by atoms with E-state index >= 15 is 0 Å². The summed E-state index contributed by atoms with van der Waals surface area (Å²) >= 11 is 6.13. The Hall–Kier alpha value is -3.91. The van der Waals surface area contributed by atoms with E-state index in [1.54, 1.807) is 0 Å². The predicted octanol–water partition coefficient (Wildman–Crippen LogP) is 6.30. The number of ether oxygens (including phenoxy) is 3. The number of aliphatic carboxylic acids is 1. The van der Waals surface area contributed by atoms with Crippen LogP contribution in [-0.2, 0) is 22.3 Å². The van der Waals surface area contributed by atoms with Crippen LogP contribution in [0.1, 0.15) is 47.4 Å². The second kappa shape index (κ2) is 11.1. The molecule has 42 heavy (non-hydrogen) atoms. The van der Waals surface area contributed by atoms with Gasteiger partial charge < -0.3 is 24.2 Å². The van der Waals surface area contributed by atoms with Gasteiger partial charge in [-0.15, -0.1) is 8.78 Å². The maximum absolute atomic E-state index is 13.7. The van der Waals surface area contributed by atoms with E-state index < -0.39 is 41.0 Å². The lowest BCUT2D eigenvalue weighted by Crippen LogP contribution is -2.26. The van der Waals surface area contributed by atoms with Crippen LogP contribution in [0.3, 0.4) is 0 Å². The summed E-state index contributed by atoms with van der Waals surface area (Å²) in [5.74, 6) is -2.47. The number of aromatic nitrogens is 2. The Morgan fingerprint density at radius 1 is 1.12 bits per heavy atom. The Labute approximate surface area is 240 Å². The fourth-order valence-corrected chi connectivity index (χ4v) is 5.13. The molecule has 1 aromatic heterocycles. The molecule has 1 amide bonds. The Balaban J connectivity index is 1.39. The molecule has 2 aromatic carbocycles. The molecule has 1 aliphatic carbocycles. The van der Waals surface area contributed by atoms with Crippen molar-refractivity contribution in [1.29, 1.82) is 0 Å². The van der Waals surface area contributed by atoms with Crippen LogP contribution >= 0.6 is 11.6 Å². The average Bonchev–Trinajstić information content (AvgIpc) is 3.45. The van der Waals surface area contributed by atoms with E-state index in [2.05, 4.69) is 14.6 Å². The third kappa shape index (κ3) is 6.00. The first kappa shape index (κ1) is 29.6. The summed E-state index contributed by atoms with van der Waals surface area (Å²) < 4.78 is 83.6. The molecule has 1 saturated carbocycles. The highest BCUT2D eigenvalue weighted by Crippen LogP contribution is 2.43. The molecular formula is C27H23ClF5N3O6. The molecule has 0 radical (unpaired) electrons. The molecule has 5 rings (SSSR count). The summed E-state index contributed by atoms with van der Waals surface area (Å²) in [6.07, 6.45) is -7.49. The number of hydrogen-bond donors (Lipinski definition) is 1. The highest BCUT2D eigenvalue weighted by molar-refractivity contribution is 6.32.